The monoisotopic (exact) mass is 211 g/mol. The van der Waals surface area contributed by atoms with Gasteiger partial charge in [-0.15, -0.1) is 0 Å². The highest BCUT2D eigenvalue weighted by Crippen LogP contribution is 2.49. The lowest BCUT2D eigenvalue weighted by Crippen LogP contribution is -2.54. The van der Waals surface area contributed by atoms with Gasteiger partial charge in [0.1, 0.15) is 5.66 Å². The van der Waals surface area contributed by atoms with E-state index in [2.05, 4.69) is 5.32 Å². The smallest absolute Gasteiger partial charge is 0.352 e. The van der Waals surface area contributed by atoms with Crippen molar-refractivity contribution in [3.05, 3.63) is 0 Å². The van der Waals surface area contributed by atoms with Gasteiger partial charge in [-0.3, -0.25) is 9.88 Å². The van der Waals surface area contributed by atoms with Gasteiger partial charge in [-0.25, -0.2) is 4.79 Å². The Morgan fingerprint density at radius 3 is 2.38 bits per heavy atom. The highest BCUT2D eigenvalue weighted by molar-refractivity contribution is 7.52. The lowest BCUT2D eigenvalue weighted by molar-refractivity contribution is -0.160. The number of aliphatic hydroxyl groups is 1. The molecule has 0 saturated carbocycles. The Morgan fingerprint density at radius 2 is 2.08 bits per heavy atom. The Labute approximate surface area is 73.5 Å². The van der Waals surface area contributed by atoms with E-state index in [9.17, 15) is 14.5 Å². The Kier molecular flexibility index (Phi) is 2.48. The van der Waals surface area contributed by atoms with Gasteiger partial charge in [0, 0.05) is 0 Å². The highest BCUT2D eigenvalue weighted by Gasteiger charge is 2.55. The molecule has 1 saturated heterocycles. The van der Waals surface area contributed by atoms with E-state index in [-0.39, 0.29) is 13.0 Å². The van der Waals surface area contributed by atoms with E-state index in [0.717, 1.165) is 0 Å². The van der Waals surface area contributed by atoms with E-state index in [1.165, 1.54) is 0 Å². The van der Waals surface area contributed by atoms with Crippen molar-refractivity contribution in [2.45, 2.75) is 17.8 Å². The second-order valence-electron chi connectivity index (χ2n) is 2.89. The molecule has 1 aliphatic rings. The van der Waals surface area contributed by atoms with Gasteiger partial charge in [0.15, 0.2) is 0 Å². The Hall–Kier alpha value is -0.460. The zero-order valence-electron chi connectivity index (χ0n) is 6.54. The standard InChI is InChI=1S/C5H10NO6P/c7-4(8)5(9)3(1-2-6-5)13(10,11)12/h3,6,9H,1-2H2,(H,7,8)(H2,10,11,12)/t3?,5-/m1/s1. The van der Waals surface area contributed by atoms with Crippen molar-refractivity contribution < 1.29 is 29.4 Å². The van der Waals surface area contributed by atoms with Crippen LogP contribution in [0.25, 0.3) is 0 Å². The van der Waals surface area contributed by atoms with Gasteiger partial charge in [0.25, 0.3) is 0 Å². The van der Waals surface area contributed by atoms with Crippen LogP contribution in [0.3, 0.4) is 0 Å². The largest absolute Gasteiger partial charge is 0.478 e. The minimum absolute atomic E-state index is 0.0624. The van der Waals surface area contributed by atoms with Gasteiger partial charge in [-0.2, -0.15) is 0 Å². The number of carboxylic acid groups (broad SMARTS) is 1. The van der Waals surface area contributed by atoms with Crippen molar-refractivity contribution >= 4 is 13.6 Å². The molecule has 0 spiro atoms. The maximum atomic E-state index is 10.8. The molecule has 1 rings (SSSR count). The average Bonchev–Trinajstić information content (AvgIpc) is 2.31. The number of rotatable bonds is 2. The summed E-state index contributed by atoms with van der Waals surface area (Å²) in [4.78, 5) is 28.0. The van der Waals surface area contributed by atoms with Gasteiger partial charge in [-0.05, 0) is 13.0 Å². The maximum absolute atomic E-state index is 10.8. The third-order valence-corrected chi connectivity index (χ3v) is 3.47. The highest BCUT2D eigenvalue weighted by atomic mass is 31.2. The van der Waals surface area contributed by atoms with Crippen LogP contribution in [0.2, 0.25) is 0 Å². The molecule has 0 aromatic rings. The second kappa shape index (κ2) is 3.04. The van der Waals surface area contributed by atoms with E-state index in [1.54, 1.807) is 0 Å². The Balaban J connectivity index is 3.00. The molecular weight excluding hydrogens is 201 g/mol. The van der Waals surface area contributed by atoms with Crippen molar-refractivity contribution in [1.82, 2.24) is 5.32 Å². The molecule has 8 heteroatoms. The molecule has 1 unspecified atom stereocenters. The summed E-state index contributed by atoms with van der Waals surface area (Å²) in [5, 5.41) is 20.1. The molecule has 13 heavy (non-hydrogen) atoms. The van der Waals surface area contributed by atoms with E-state index < -0.39 is 24.9 Å². The summed E-state index contributed by atoms with van der Waals surface area (Å²) in [5.41, 5.74) is -4.07. The van der Waals surface area contributed by atoms with Crippen LogP contribution in [-0.2, 0) is 9.36 Å². The fourth-order valence-electron chi connectivity index (χ4n) is 1.36. The van der Waals surface area contributed by atoms with Gasteiger partial charge < -0.3 is 20.0 Å². The number of hydrogen-bond acceptors (Lipinski definition) is 4. The van der Waals surface area contributed by atoms with Crippen LogP contribution in [0.4, 0.5) is 0 Å². The minimum atomic E-state index is -4.58. The molecule has 1 aliphatic heterocycles. The van der Waals surface area contributed by atoms with Crippen LogP contribution in [0.15, 0.2) is 0 Å². The van der Waals surface area contributed by atoms with Crippen LogP contribution < -0.4 is 5.32 Å². The summed E-state index contributed by atoms with van der Waals surface area (Å²) in [7, 11) is -4.58. The van der Waals surface area contributed by atoms with E-state index in [1.807, 2.05) is 0 Å². The molecule has 5 N–H and O–H groups in total. The molecule has 0 bridgehead atoms. The molecule has 2 atom stereocenters. The third-order valence-electron chi connectivity index (χ3n) is 2.03. The van der Waals surface area contributed by atoms with E-state index in [0.29, 0.717) is 0 Å². The summed E-state index contributed by atoms with van der Waals surface area (Å²) in [5.74, 6) is -1.67. The molecule has 76 valence electrons. The molecule has 0 amide bonds. The fourth-order valence-corrected chi connectivity index (χ4v) is 2.51. The second-order valence-corrected chi connectivity index (χ2v) is 4.69. The third kappa shape index (κ3) is 1.74. The maximum Gasteiger partial charge on any atom is 0.352 e. The average molecular weight is 211 g/mol. The molecule has 0 aromatic carbocycles. The SMILES string of the molecule is O=C(O)[C@@]1(O)NCCC1P(=O)(O)O. The normalized spacial score (nSPS) is 34.8. The molecule has 1 heterocycles. The van der Waals surface area contributed by atoms with Crippen LogP contribution >= 0.6 is 7.60 Å². The van der Waals surface area contributed by atoms with Crippen LogP contribution in [0.5, 0.6) is 0 Å². The fraction of sp³-hybridized carbons (Fsp3) is 0.800. The molecular formula is C5H10NO6P. The first kappa shape index (κ1) is 10.6. The lowest BCUT2D eigenvalue weighted by atomic mass is 10.1. The van der Waals surface area contributed by atoms with Gasteiger partial charge in [0.05, 0.1) is 0 Å². The number of nitrogens with one attached hydrogen (secondary N) is 1. The summed E-state index contributed by atoms with van der Waals surface area (Å²) < 4.78 is 10.8. The first-order valence-corrected chi connectivity index (χ1v) is 5.22. The predicted octanol–water partition coefficient (Wildman–Crippen LogP) is -1.70. The first-order valence-electron chi connectivity index (χ1n) is 3.54. The van der Waals surface area contributed by atoms with Crippen LogP contribution in [0, 0.1) is 0 Å². The Bertz CT molecular complexity index is 274. The van der Waals surface area contributed by atoms with Gasteiger partial charge in [-0.1, -0.05) is 0 Å². The predicted molar refractivity (Wildman–Crippen MR) is 41.0 cm³/mol. The summed E-state index contributed by atoms with van der Waals surface area (Å²) in [6.45, 7) is 0.0680. The minimum Gasteiger partial charge on any atom is -0.478 e. The van der Waals surface area contributed by atoms with E-state index >= 15 is 0 Å². The lowest BCUT2D eigenvalue weighted by Gasteiger charge is -2.25. The summed E-state index contributed by atoms with van der Waals surface area (Å²) >= 11 is 0. The first-order chi connectivity index (χ1) is 5.78. The van der Waals surface area contributed by atoms with E-state index in [4.69, 9.17) is 14.9 Å². The number of hydrogen-bond donors (Lipinski definition) is 5. The Morgan fingerprint density at radius 1 is 1.54 bits per heavy atom. The molecule has 1 fully saturated rings. The van der Waals surface area contributed by atoms with Crippen LogP contribution in [0.1, 0.15) is 6.42 Å². The van der Waals surface area contributed by atoms with Gasteiger partial charge >= 0.3 is 13.6 Å². The summed E-state index contributed by atoms with van der Waals surface area (Å²) in [6.07, 6.45) is -0.0624. The van der Waals surface area contributed by atoms with Crippen molar-refractivity contribution in [3.8, 4) is 0 Å². The summed E-state index contributed by atoms with van der Waals surface area (Å²) in [6, 6.07) is 0. The number of carboxylic acids is 1. The quantitative estimate of drug-likeness (QED) is 0.344. The van der Waals surface area contributed by atoms with Crippen LogP contribution in [-0.4, -0.2) is 43.9 Å². The molecule has 0 radical (unpaired) electrons. The molecule has 7 nitrogen and oxygen atoms in total. The van der Waals surface area contributed by atoms with Crippen molar-refractivity contribution in [3.63, 3.8) is 0 Å². The molecule has 0 aliphatic carbocycles. The van der Waals surface area contributed by atoms with Gasteiger partial charge in [0.2, 0.25) is 5.72 Å². The topological polar surface area (TPSA) is 127 Å². The zero-order chi connectivity index (χ0) is 10.3. The van der Waals surface area contributed by atoms with Crippen molar-refractivity contribution in [2.24, 2.45) is 0 Å². The molecule has 0 aromatic heterocycles. The number of carbonyl (C=O) groups is 1. The zero-order valence-corrected chi connectivity index (χ0v) is 7.44. The number of aliphatic carboxylic acids is 1. The van der Waals surface area contributed by atoms with Crippen molar-refractivity contribution in [1.29, 1.82) is 0 Å². The van der Waals surface area contributed by atoms with Crippen molar-refractivity contribution in [2.75, 3.05) is 6.54 Å².